The van der Waals surface area contributed by atoms with Crippen molar-refractivity contribution in [1.29, 1.82) is 0 Å². The average molecular weight is 179 g/mol. The van der Waals surface area contributed by atoms with Gasteiger partial charge in [0.1, 0.15) is 7.11 Å². The molecule has 0 aliphatic heterocycles. The van der Waals surface area contributed by atoms with Crippen LogP contribution in [0.2, 0.25) is 0 Å². The summed E-state index contributed by atoms with van der Waals surface area (Å²) in [6, 6.07) is 0. The van der Waals surface area contributed by atoms with Crippen molar-refractivity contribution in [1.82, 2.24) is 5.06 Å². The van der Waals surface area contributed by atoms with Crippen LogP contribution < -0.4 is 5.73 Å². The van der Waals surface area contributed by atoms with Crippen LogP contribution in [0.25, 0.3) is 0 Å². The zero-order chi connectivity index (χ0) is 8.85. The van der Waals surface area contributed by atoms with Crippen LogP contribution in [0, 0.1) is 0 Å². The third-order valence-corrected chi connectivity index (χ3v) is 0.931. The van der Waals surface area contributed by atoms with Gasteiger partial charge in [-0.1, -0.05) is 12.6 Å². The van der Waals surface area contributed by atoms with Crippen LogP contribution in [-0.4, -0.2) is 30.5 Å². The van der Waals surface area contributed by atoms with E-state index in [0.29, 0.717) is 5.06 Å². The van der Waals surface area contributed by atoms with E-state index < -0.39 is 5.24 Å². The second-order valence-corrected chi connectivity index (χ2v) is 1.77. The van der Waals surface area contributed by atoms with E-state index in [9.17, 15) is 4.79 Å². The van der Waals surface area contributed by atoms with Crippen molar-refractivity contribution in [2.75, 3.05) is 14.2 Å². The molecule has 7 heteroatoms. The highest BCUT2D eigenvalue weighted by Gasteiger charge is 2.13. The van der Waals surface area contributed by atoms with Crippen LogP contribution in [0.1, 0.15) is 0 Å². The van der Waals surface area contributed by atoms with Crippen LogP contribution in [0.15, 0.2) is 5.16 Å². The van der Waals surface area contributed by atoms with E-state index in [0.717, 1.165) is 0 Å². The van der Waals surface area contributed by atoms with Crippen molar-refractivity contribution in [2.24, 2.45) is 10.9 Å². The van der Waals surface area contributed by atoms with Crippen molar-refractivity contribution < 1.29 is 14.5 Å². The molecule has 0 aliphatic rings. The molecule has 1 amide bonds. The van der Waals surface area contributed by atoms with Gasteiger partial charge in [0.15, 0.2) is 0 Å². The third kappa shape index (κ3) is 3.10. The zero-order valence-electron chi connectivity index (χ0n) is 6.14. The van der Waals surface area contributed by atoms with Crippen LogP contribution >= 0.6 is 12.6 Å². The minimum absolute atomic E-state index is 0.213. The van der Waals surface area contributed by atoms with Crippen molar-refractivity contribution in [2.45, 2.75) is 0 Å². The second-order valence-electron chi connectivity index (χ2n) is 1.39. The summed E-state index contributed by atoms with van der Waals surface area (Å²) in [6.45, 7) is 0. The number of nitrogens with zero attached hydrogens (tertiary/aromatic N) is 2. The van der Waals surface area contributed by atoms with Crippen molar-refractivity contribution in [3.63, 3.8) is 0 Å². The zero-order valence-corrected chi connectivity index (χ0v) is 7.04. The maximum Gasteiger partial charge on any atom is 0.309 e. The van der Waals surface area contributed by atoms with Gasteiger partial charge >= 0.3 is 5.24 Å². The number of oxime groups is 1. The Bertz CT molecular complexity index is 172. The molecule has 0 bridgehead atoms. The lowest BCUT2D eigenvalue weighted by Crippen LogP contribution is -2.38. The Labute approximate surface area is 69.3 Å². The Morgan fingerprint density at radius 2 is 2.18 bits per heavy atom. The Balaban J connectivity index is 4.25. The first-order chi connectivity index (χ1) is 5.13. The van der Waals surface area contributed by atoms with Crippen molar-refractivity contribution >= 4 is 23.8 Å². The normalized spacial score (nSPS) is 11.0. The first-order valence-corrected chi connectivity index (χ1v) is 3.02. The summed E-state index contributed by atoms with van der Waals surface area (Å²) >= 11 is 3.45. The summed E-state index contributed by atoms with van der Waals surface area (Å²) in [7, 11) is 2.55. The summed E-state index contributed by atoms with van der Waals surface area (Å²) in [4.78, 5) is 19.3. The Morgan fingerprint density at radius 3 is 2.45 bits per heavy atom. The van der Waals surface area contributed by atoms with Crippen LogP contribution in [0.4, 0.5) is 4.79 Å². The highest BCUT2D eigenvalue weighted by Crippen LogP contribution is 1.95. The minimum Gasteiger partial charge on any atom is -0.396 e. The van der Waals surface area contributed by atoms with Gasteiger partial charge in [0, 0.05) is 0 Å². The van der Waals surface area contributed by atoms with Gasteiger partial charge in [0.05, 0.1) is 7.11 Å². The molecule has 6 nitrogen and oxygen atoms in total. The first kappa shape index (κ1) is 10.0. The van der Waals surface area contributed by atoms with E-state index in [-0.39, 0.29) is 5.96 Å². The molecule has 0 unspecified atom stereocenters. The van der Waals surface area contributed by atoms with Gasteiger partial charge in [-0.25, -0.2) is 0 Å². The number of thiol groups is 1. The highest BCUT2D eigenvalue weighted by atomic mass is 32.1. The van der Waals surface area contributed by atoms with Crippen LogP contribution in [0.3, 0.4) is 0 Å². The summed E-state index contributed by atoms with van der Waals surface area (Å²) in [6.07, 6.45) is 0. The molecule has 0 radical (unpaired) electrons. The molecule has 0 heterocycles. The van der Waals surface area contributed by atoms with Gasteiger partial charge in [0.25, 0.3) is 5.96 Å². The van der Waals surface area contributed by atoms with Gasteiger partial charge < -0.3 is 10.6 Å². The second kappa shape index (κ2) is 4.80. The molecule has 0 rings (SSSR count). The average Bonchev–Trinajstić information content (AvgIpc) is 1.88. The maximum atomic E-state index is 10.5. The topological polar surface area (TPSA) is 77.2 Å². The number of hydrogen-bond donors (Lipinski definition) is 2. The maximum absolute atomic E-state index is 10.5. The molecule has 64 valence electrons. The molecular weight excluding hydrogens is 170 g/mol. The number of hydrogen-bond acceptors (Lipinski definition) is 4. The van der Waals surface area contributed by atoms with E-state index >= 15 is 0 Å². The predicted molar refractivity (Wildman–Crippen MR) is 41.9 cm³/mol. The summed E-state index contributed by atoms with van der Waals surface area (Å²) in [5, 5.41) is 3.24. The number of carbonyl (C=O) groups excluding carboxylic acids is 1. The Morgan fingerprint density at radius 1 is 1.64 bits per heavy atom. The molecule has 0 aliphatic carbocycles. The Hall–Kier alpha value is -0.950. The fourth-order valence-electron chi connectivity index (χ4n) is 0.400. The molecular formula is C4H9N3O3S. The number of hydroxylamine groups is 2. The molecule has 0 aromatic carbocycles. The van der Waals surface area contributed by atoms with Gasteiger partial charge in [-0.2, -0.15) is 0 Å². The van der Waals surface area contributed by atoms with E-state index in [1.807, 2.05) is 0 Å². The van der Waals surface area contributed by atoms with Crippen LogP contribution in [-0.2, 0) is 9.68 Å². The number of carbonyl (C=O) groups is 1. The molecule has 0 aromatic heterocycles. The molecule has 0 spiro atoms. The highest BCUT2D eigenvalue weighted by molar-refractivity contribution is 7.96. The van der Waals surface area contributed by atoms with E-state index in [1.54, 1.807) is 0 Å². The molecule has 11 heavy (non-hydrogen) atoms. The molecule has 0 saturated heterocycles. The molecule has 0 saturated carbocycles. The van der Waals surface area contributed by atoms with Gasteiger partial charge in [-0.05, 0) is 5.16 Å². The quantitative estimate of drug-likeness (QED) is 0.266. The van der Waals surface area contributed by atoms with Gasteiger partial charge in [-0.15, -0.1) is 5.06 Å². The lowest BCUT2D eigenvalue weighted by molar-refractivity contribution is -0.0189. The fourth-order valence-corrected chi connectivity index (χ4v) is 0.584. The minimum atomic E-state index is -0.675. The Kier molecular flexibility index (Phi) is 4.39. The predicted octanol–water partition coefficient (Wildman–Crippen LogP) is -0.224. The summed E-state index contributed by atoms with van der Waals surface area (Å²) in [5.41, 5.74) is 5.20. The number of amides is 1. The summed E-state index contributed by atoms with van der Waals surface area (Å²) < 4.78 is 0. The standard InChI is InChI=1S/C4H9N3O3S/c1-9-6-3(5)7(10-2)4(8)11/h1-2H3,(H2,5,6)(H,8,11). The van der Waals surface area contributed by atoms with Gasteiger partial charge in [-0.3, -0.25) is 9.63 Å². The molecule has 0 aromatic rings. The molecule has 2 N–H and O–H groups in total. The number of rotatable bonds is 2. The molecule has 0 atom stereocenters. The summed E-state index contributed by atoms with van der Waals surface area (Å²) in [5.74, 6) is -0.213. The van der Waals surface area contributed by atoms with E-state index in [4.69, 9.17) is 5.73 Å². The largest absolute Gasteiger partial charge is 0.396 e. The lowest BCUT2D eigenvalue weighted by Gasteiger charge is -2.13. The van der Waals surface area contributed by atoms with Crippen LogP contribution in [0.5, 0.6) is 0 Å². The SMILES string of the molecule is CON=C(N)N(OC)C(=O)S. The lowest BCUT2D eigenvalue weighted by atomic mass is 10.9. The van der Waals surface area contributed by atoms with Gasteiger partial charge in [0.2, 0.25) is 0 Å². The van der Waals surface area contributed by atoms with E-state index in [2.05, 4.69) is 27.5 Å². The number of guanidine groups is 1. The van der Waals surface area contributed by atoms with Crippen molar-refractivity contribution in [3.8, 4) is 0 Å². The third-order valence-electron chi connectivity index (χ3n) is 0.749. The van der Waals surface area contributed by atoms with E-state index in [1.165, 1.54) is 14.2 Å². The first-order valence-electron chi connectivity index (χ1n) is 2.57. The number of nitrogens with two attached hydrogens (primary N) is 1. The monoisotopic (exact) mass is 179 g/mol. The smallest absolute Gasteiger partial charge is 0.309 e. The fraction of sp³-hybridized carbons (Fsp3) is 0.500. The van der Waals surface area contributed by atoms with Crippen molar-refractivity contribution in [3.05, 3.63) is 0 Å². The molecule has 0 fully saturated rings.